The molecule has 7 heteroatoms. The second-order valence-corrected chi connectivity index (χ2v) is 3.18. The summed E-state index contributed by atoms with van der Waals surface area (Å²) in [6.07, 6.45) is 1.30. The average Bonchev–Trinajstić information content (AvgIpc) is 2.26. The highest BCUT2D eigenvalue weighted by atomic mass is 16.3. The molecular weight excluding hydrogens is 202 g/mol. The van der Waals surface area contributed by atoms with Crippen LogP contribution in [0.2, 0.25) is 0 Å². The van der Waals surface area contributed by atoms with Crippen LogP contribution < -0.4 is 5.32 Å². The lowest BCUT2D eigenvalue weighted by Gasteiger charge is -2.29. The maximum Gasteiger partial charge on any atom is 0.232 e. The molecule has 0 atom stereocenters. The van der Waals surface area contributed by atoms with Crippen LogP contribution in [0.4, 0.5) is 5.69 Å². The lowest BCUT2D eigenvalue weighted by atomic mass is 10.0. The van der Waals surface area contributed by atoms with Crippen molar-refractivity contribution >= 4 is 5.69 Å². The van der Waals surface area contributed by atoms with E-state index in [1.807, 2.05) is 0 Å². The quantitative estimate of drug-likeness (QED) is 0.397. The molecule has 0 aliphatic heterocycles. The van der Waals surface area contributed by atoms with Gasteiger partial charge in [-0.3, -0.25) is 0 Å². The molecule has 0 aliphatic carbocycles. The first-order chi connectivity index (χ1) is 7.15. The molecule has 84 valence electrons. The molecule has 15 heavy (non-hydrogen) atoms. The number of hydrogen-bond donors (Lipinski definition) is 5. The number of nitrogens with one attached hydrogen (secondary N) is 1. The number of rotatable bonds is 5. The van der Waals surface area contributed by atoms with E-state index in [4.69, 9.17) is 20.4 Å². The van der Waals surface area contributed by atoms with Crippen LogP contribution in [0.3, 0.4) is 0 Å². The number of hydrogen-bond acceptors (Lipinski definition) is 7. The Balaban J connectivity index is 2.82. The van der Waals surface area contributed by atoms with E-state index in [1.54, 1.807) is 0 Å². The number of aliphatic hydroxyl groups excluding tert-OH is 3. The molecule has 0 saturated heterocycles. The third-order valence-electron chi connectivity index (χ3n) is 1.96. The van der Waals surface area contributed by atoms with Gasteiger partial charge in [-0.15, -0.1) is 5.10 Å². The maximum absolute atomic E-state index is 9.03. The lowest BCUT2D eigenvalue weighted by molar-refractivity contribution is 0.0833. The van der Waals surface area contributed by atoms with Crippen LogP contribution in [0, 0.1) is 0 Å². The van der Waals surface area contributed by atoms with Crippen LogP contribution in [-0.4, -0.2) is 56.0 Å². The first kappa shape index (κ1) is 11.6. The van der Waals surface area contributed by atoms with E-state index in [1.165, 1.54) is 12.3 Å². The summed E-state index contributed by atoms with van der Waals surface area (Å²) in [6.45, 7) is -1.37. The second kappa shape index (κ2) is 4.87. The zero-order valence-electron chi connectivity index (χ0n) is 7.96. The fraction of sp³-hybridized carbons (Fsp3) is 0.500. The highest BCUT2D eigenvalue weighted by Gasteiger charge is 2.27. The van der Waals surface area contributed by atoms with Crippen molar-refractivity contribution in [1.29, 1.82) is 0 Å². The van der Waals surface area contributed by atoms with Crippen molar-refractivity contribution in [2.45, 2.75) is 5.54 Å². The molecule has 0 amide bonds. The van der Waals surface area contributed by atoms with Gasteiger partial charge in [-0.2, -0.15) is 5.10 Å². The van der Waals surface area contributed by atoms with Gasteiger partial charge in [0, 0.05) is 6.07 Å². The summed E-state index contributed by atoms with van der Waals surface area (Å²) in [5, 5.41) is 45.6. The summed E-state index contributed by atoms with van der Waals surface area (Å²) >= 11 is 0. The Morgan fingerprint density at radius 1 is 1.20 bits per heavy atom. The molecular formula is C8H13N3O4. The van der Waals surface area contributed by atoms with Crippen molar-refractivity contribution in [3.63, 3.8) is 0 Å². The number of aromatic hydroxyl groups is 1. The van der Waals surface area contributed by atoms with E-state index in [0.29, 0.717) is 5.69 Å². The average molecular weight is 215 g/mol. The molecule has 0 saturated carbocycles. The van der Waals surface area contributed by atoms with Crippen LogP contribution in [0.25, 0.3) is 0 Å². The van der Waals surface area contributed by atoms with Gasteiger partial charge in [0.2, 0.25) is 5.88 Å². The van der Waals surface area contributed by atoms with Gasteiger partial charge in [0.15, 0.2) is 0 Å². The fourth-order valence-electron chi connectivity index (χ4n) is 0.999. The summed E-state index contributed by atoms with van der Waals surface area (Å²) in [7, 11) is 0. The van der Waals surface area contributed by atoms with Gasteiger partial charge in [-0.05, 0) is 0 Å². The van der Waals surface area contributed by atoms with Gasteiger partial charge in [-0.1, -0.05) is 0 Å². The molecule has 0 radical (unpaired) electrons. The molecule has 1 aromatic rings. The predicted octanol–water partition coefficient (Wildman–Crippen LogP) is -1.69. The summed E-state index contributed by atoms with van der Waals surface area (Å²) < 4.78 is 0. The van der Waals surface area contributed by atoms with E-state index < -0.39 is 25.4 Å². The summed E-state index contributed by atoms with van der Waals surface area (Å²) in [4.78, 5) is 0. The van der Waals surface area contributed by atoms with Gasteiger partial charge in [-0.25, -0.2) is 0 Å². The molecule has 7 nitrogen and oxygen atoms in total. The van der Waals surface area contributed by atoms with Crippen LogP contribution in [0.5, 0.6) is 5.88 Å². The third-order valence-corrected chi connectivity index (χ3v) is 1.96. The van der Waals surface area contributed by atoms with E-state index in [-0.39, 0.29) is 5.88 Å². The first-order valence-corrected chi connectivity index (χ1v) is 4.28. The van der Waals surface area contributed by atoms with Gasteiger partial charge >= 0.3 is 0 Å². The molecule has 0 bridgehead atoms. The molecule has 0 spiro atoms. The number of anilines is 1. The zero-order chi connectivity index (χ0) is 11.3. The number of aliphatic hydroxyl groups is 3. The van der Waals surface area contributed by atoms with Crippen molar-refractivity contribution in [1.82, 2.24) is 10.2 Å². The van der Waals surface area contributed by atoms with E-state index >= 15 is 0 Å². The van der Waals surface area contributed by atoms with E-state index in [9.17, 15) is 0 Å². The largest absolute Gasteiger partial charge is 0.492 e. The van der Waals surface area contributed by atoms with Crippen molar-refractivity contribution in [3.8, 4) is 5.88 Å². The number of nitrogens with zero attached hydrogens (tertiary/aromatic N) is 2. The highest BCUT2D eigenvalue weighted by molar-refractivity contribution is 5.45. The van der Waals surface area contributed by atoms with E-state index in [2.05, 4.69) is 15.5 Å². The molecule has 1 heterocycles. The van der Waals surface area contributed by atoms with Gasteiger partial charge in [0.1, 0.15) is 5.54 Å². The van der Waals surface area contributed by atoms with E-state index in [0.717, 1.165) is 0 Å². The predicted molar refractivity (Wildman–Crippen MR) is 51.3 cm³/mol. The minimum absolute atomic E-state index is 0.289. The standard InChI is InChI=1S/C8H13N3O4/c12-3-8(4-13,5-14)10-6-1-7(15)11-9-2-6/h1-2,12-14H,3-5H2,(H2,10,11,15). The molecule has 0 unspecified atom stereocenters. The van der Waals surface area contributed by atoms with Crippen molar-refractivity contribution in [3.05, 3.63) is 12.3 Å². The summed E-state index contributed by atoms with van der Waals surface area (Å²) in [5.74, 6) is -0.289. The van der Waals surface area contributed by atoms with Crippen molar-refractivity contribution < 1.29 is 20.4 Å². The van der Waals surface area contributed by atoms with Crippen LogP contribution >= 0.6 is 0 Å². The monoisotopic (exact) mass is 215 g/mol. The Hall–Kier alpha value is -1.44. The van der Waals surface area contributed by atoms with Crippen LogP contribution in [-0.2, 0) is 0 Å². The Bertz CT molecular complexity index is 308. The molecule has 0 aromatic carbocycles. The minimum Gasteiger partial charge on any atom is -0.492 e. The molecule has 5 N–H and O–H groups in total. The second-order valence-electron chi connectivity index (χ2n) is 3.18. The third kappa shape index (κ3) is 2.75. The van der Waals surface area contributed by atoms with Gasteiger partial charge in [0.05, 0.1) is 31.7 Å². The molecule has 0 fully saturated rings. The maximum atomic E-state index is 9.03. The van der Waals surface area contributed by atoms with Crippen LogP contribution in [0.15, 0.2) is 12.3 Å². The first-order valence-electron chi connectivity index (χ1n) is 4.28. The Morgan fingerprint density at radius 3 is 2.27 bits per heavy atom. The highest BCUT2D eigenvalue weighted by Crippen LogP contribution is 2.16. The van der Waals surface area contributed by atoms with Crippen molar-refractivity contribution in [2.75, 3.05) is 25.1 Å². The molecule has 1 aromatic heterocycles. The Labute approximate surface area is 86.0 Å². The topological polar surface area (TPSA) is 119 Å². The zero-order valence-corrected chi connectivity index (χ0v) is 7.96. The van der Waals surface area contributed by atoms with Crippen molar-refractivity contribution in [2.24, 2.45) is 0 Å². The Morgan fingerprint density at radius 2 is 1.80 bits per heavy atom. The molecule has 1 rings (SSSR count). The summed E-state index contributed by atoms with van der Waals surface area (Å²) in [6, 6.07) is 1.27. The Kier molecular flexibility index (Phi) is 3.78. The minimum atomic E-state index is -1.24. The number of aromatic nitrogens is 2. The fourth-order valence-corrected chi connectivity index (χ4v) is 0.999. The SMILES string of the molecule is OCC(CO)(CO)Nc1cnnc(O)c1. The normalized spacial score (nSPS) is 11.4. The van der Waals surface area contributed by atoms with Gasteiger partial charge < -0.3 is 25.7 Å². The van der Waals surface area contributed by atoms with Gasteiger partial charge in [0.25, 0.3) is 0 Å². The molecule has 0 aliphatic rings. The lowest BCUT2D eigenvalue weighted by Crippen LogP contribution is -2.49. The smallest absolute Gasteiger partial charge is 0.232 e. The van der Waals surface area contributed by atoms with Crippen LogP contribution in [0.1, 0.15) is 0 Å². The summed E-state index contributed by atoms with van der Waals surface area (Å²) in [5.41, 5.74) is -0.894.